The third-order valence-electron chi connectivity index (χ3n) is 7.17. The number of benzene rings is 3. The maximum atomic E-state index is 13.6. The number of nitrogens with zero attached hydrogens (tertiary/aromatic N) is 2. The third-order valence-corrected chi connectivity index (χ3v) is 7.17. The lowest BCUT2D eigenvalue weighted by atomic mass is 9.87. The Balaban J connectivity index is 1.37. The number of H-pyrrole nitrogens is 1. The Kier molecular flexibility index (Phi) is 7.23. The minimum absolute atomic E-state index is 0.142. The van der Waals surface area contributed by atoms with Gasteiger partial charge in [-0.25, -0.2) is 0 Å². The zero-order chi connectivity index (χ0) is 24.9. The second-order valence-corrected chi connectivity index (χ2v) is 9.30. The van der Waals surface area contributed by atoms with Crippen LogP contribution in [0.5, 0.6) is 11.5 Å². The van der Waals surface area contributed by atoms with Gasteiger partial charge in [-0.05, 0) is 23.3 Å². The summed E-state index contributed by atoms with van der Waals surface area (Å²) in [5.74, 6) is 1.48. The third kappa shape index (κ3) is 5.09. The van der Waals surface area contributed by atoms with Crippen molar-refractivity contribution in [3.05, 3.63) is 95.7 Å². The summed E-state index contributed by atoms with van der Waals surface area (Å²) in [6.45, 7) is 4.16. The summed E-state index contributed by atoms with van der Waals surface area (Å²) in [6.07, 6.45) is 2.41. The lowest BCUT2D eigenvalue weighted by Gasteiger charge is -2.35. The van der Waals surface area contributed by atoms with Crippen molar-refractivity contribution >= 4 is 16.8 Å². The predicted octanol–water partition coefficient (Wildman–Crippen LogP) is 5.05. The van der Waals surface area contributed by atoms with Gasteiger partial charge in [0.05, 0.1) is 14.2 Å². The molecule has 186 valence electrons. The fourth-order valence-corrected chi connectivity index (χ4v) is 5.18. The number of amides is 1. The number of methoxy groups -OCH3 is 2. The first-order chi connectivity index (χ1) is 17.7. The fourth-order valence-electron chi connectivity index (χ4n) is 5.18. The fraction of sp³-hybridized carbons (Fsp3) is 0.300. The quantitative estimate of drug-likeness (QED) is 0.381. The summed E-state index contributed by atoms with van der Waals surface area (Å²) in [6, 6.07) is 24.6. The van der Waals surface area contributed by atoms with E-state index < -0.39 is 0 Å². The van der Waals surface area contributed by atoms with Crippen molar-refractivity contribution in [2.45, 2.75) is 18.9 Å². The van der Waals surface area contributed by atoms with E-state index in [1.807, 2.05) is 47.5 Å². The van der Waals surface area contributed by atoms with Gasteiger partial charge < -0.3 is 19.4 Å². The largest absolute Gasteiger partial charge is 0.497 e. The van der Waals surface area contributed by atoms with Gasteiger partial charge in [0.15, 0.2) is 0 Å². The molecule has 1 N–H and O–H groups in total. The first kappa shape index (κ1) is 23.9. The van der Waals surface area contributed by atoms with E-state index in [2.05, 4.69) is 46.3 Å². The molecule has 1 amide bonds. The number of para-hydroxylation sites is 1. The Bertz CT molecular complexity index is 1310. The Morgan fingerprint density at radius 2 is 1.64 bits per heavy atom. The Hall–Kier alpha value is -3.77. The summed E-state index contributed by atoms with van der Waals surface area (Å²) in [4.78, 5) is 21.4. The van der Waals surface area contributed by atoms with E-state index in [9.17, 15) is 4.79 Å². The molecule has 6 nitrogen and oxygen atoms in total. The first-order valence-corrected chi connectivity index (χ1v) is 12.5. The molecule has 1 aliphatic heterocycles. The molecule has 0 aliphatic carbocycles. The monoisotopic (exact) mass is 483 g/mol. The normalized spacial score (nSPS) is 15.1. The van der Waals surface area contributed by atoms with Crippen LogP contribution >= 0.6 is 0 Å². The van der Waals surface area contributed by atoms with Gasteiger partial charge in [-0.1, -0.05) is 54.6 Å². The molecule has 36 heavy (non-hydrogen) atoms. The number of hydrogen-bond acceptors (Lipinski definition) is 4. The van der Waals surface area contributed by atoms with Crippen molar-refractivity contribution in [2.75, 3.05) is 40.4 Å². The molecule has 2 heterocycles. The summed E-state index contributed by atoms with van der Waals surface area (Å²) in [5, 5.41) is 1.13. The highest BCUT2D eigenvalue weighted by Gasteiger charge is 2.28. The molecule has 1 saturated heterocycles. The van der Waals surface area contributed by atoms with Crippen molar-refractivity contribution in [3.8, 4) is 11.5 Å². The van der Waals surface area contributed by atoms with Crippen molar-refractivity contribution in [2.24, 2.45) is 0 Å². The summed E-state index contributed by atoms with van der Waals surface area (Å²) in [5.41, 5.74) is 4.46. The number of hydrogen-bond donors (Lipinski definition) is 1. The van der Waals surface area contributed by atoms with E-state index in [0.717, 1.165) is 66.3 Å². The number of piperazine rings is 1. The van der Waals surface area contributed by atoms with Gasteiger partial charge in [0.1, 0.15) is 11.5 Å². The van der Waals surface area contributed by atoms with Crippen LogP contribution in [-0.2, 0) is 11.3 Å². The zero-order valence-corrected chi connectivity index (χ0v) is 20.9. The number of carbonyl (C=O) groups is 1. The smallest absolute Gasteiger partial charge is 0.223 e. The molecule has 4 aromatic rings. The van der Waals surface area contributed by atoms with Gasteiger partial charge in [-0.15, -0.1) is 0 Å². The van der Waals surface area contributed by atoms with Crippen LogP contribution in [0.2, 0.25) is 0 Å². The first-order valence-electron chi connectivity index (χ1n) is 12.5. The lowest BCUT2D eigenvalue weighted by molar-refractivity contribution is -0.133. The van der Waals surface area contributed by atoms with Crippen molar-refractivity contribution in [3.63, 3.8) is 0 Å². The van der Waals surface area contributed by atoms with Gasteiger partial charge in [0.25, 0.3) is 0 Å². The molecule has 1 aromatic heterocycles. The van der Waals surface area contributed by atoms with Crippen LogP contribution in [0.25, 0.3) is 10.9 Å². The maximum absolute atomic E-state index is 13.6. The van der Waals surface area contributed by atoms with Crippen LogP contribution in [0, 0.1) is 0 Å². The highest BCUT2D eigenvalue weighted by atomic mass is 16.5. The lowest BCUT2D eigenvalue weighted by Crippen LogP contribution is -2.48. The molecule has 0 saturated carbocycles. The topological polar surface area (TPSA) is 57.8 Å². The zero-order valence-electron chi connectivity index (χ0n) is 20.9. The highest BCUT2D eigenvalue weighted by molar-refractivity contribution is 5.86. The number of carbonyl (C=O) groups excluding carboxylic acids is 1. The minimum atomic E-state index is -0.142. The SMILES string of the molecule is COc1ccc(C(CC(=O)N2CCN(Cc3ccccc3)CC2)c2c[nH]c3ccccc23)c(OC)c1. The van der Waals surface area contributed by atoms with E-state index in [-0.39, 0.29) is 11.8 Å². The van der Waals surface area contributed by atoms with E-state index in [1.54, 1.807) is 14.2 Å². The second-order valence-electron chi connectivity index (χ2n) is 9.30. The average Bonchev–Trinajstić information content (AvgIpc) is 3.36. The van der Waals surface area contributed by atoms with Gasteiger partial charge in [0, 0.05) is 73.8 Å². The predicted molar refractivity (Wildman–Crippen MR) is 143 cm³/mol. The van der Waals surface area contributed by atoms with E-state index >= 15 is 0 Å². The van der Waals surface area contributed by atoms with Gasteiger partial charge in [-0.3, -0.25) is 9.69 Å². The molecular formula is C30H33N3O3. The van der Waals surface area contributed by atoms with Crippen molar-refractivity contribution < 1.29 is 14.3 Å². The molecule has 1 atom stereocenters. The van der Waals surface area contributed by atoms with Crippen molar-refractivity contribution in [1.29, 1.82) is 0 Å². The number of nitrogens with one attached hydrogen (secondary N) is 1. The molecule has 0 bridgehead atoms. The van der Waals surface area contributed by atoms with Crippen molar-refractivity contribution in [1.82, 2.24) is 14.8 Å². The van der Waals surface area contributed by atoms with Crippen LogP contribution in [-0.4, -0.2) is 61.1 Å². The number of rotatable bonds is 8. The number of ether oxygens (including phenoxy) is 2. The Labute approximate surface area is 212 Å². The van der Waals surface area contributed by atoms with E-state index in [4.69, 9.17) is 9.47 Å². The summed E-state index contributed by atoms with van der Waals surface area (Å²) in [7, 11) is 3.31. The number of aromatic amines is 1. The second kappa shape index (κ2) is 10.9. The van der Waals surface area contributed by atoms with Gasteiger partial charge in [-0.2, -0.15) is 0 Å². The van der Waals surface area contributed by atoms with Crippen LogP contribution in [0.3, 0.4) is 0 Å². The molecule has 1 aliphatic rings. The summed E-state index contributed by atoms with van der Waals surface area (Å²) >= 11 is 0. The maximum Gasteiger partial charge on any atom is 0.223 e. The average molecular weight is 484 g/mol. The Morgan fingerprint density at radius 1 is 0.889 bits per heavy atom. The minimum Gasteiger partial charge on any atom is -0.497 e. The highest BCUT2D eigenvalue weighted by Crippen LogP contribution is 2.39. The Morgan fingerprint density at radius 3 is 2.39 bits per heavy atom. The van der Waals surface area contributed by atoms with Crippen LogP contribution in [0.15, 0.2) is 79.0 Å². The van der Waals surface area contributed by atoms with Crippen LogP contribution in [0.4, 0.5) is 0 Å². The molecular weight excluding hydrogens is 450 g/mol. The van der Waals surface area contributed by atoms with Crippen LogP contribution < -0.4 is 9.47 Å². The van der Waals surface area contributed by atoms with Crippen LogP contribution in [0.1, 0.15) is 29.0 Å². The molecule has 6 heteroatoms. The van der Waals surface area contributed by atoms with E-state index in [1.165, 1.54) is 5.56 Å². The van der Waals surface area contributed by atoms with Gasteiger partial charge in [0.2, 0.25) is 5.91 Å². The number of aromatic nitrogens is 1. The number of fused-ring (bicyclic) bond motifs is 1. The summed E-state index contributed by atoms with van der Waals surface area (Å²) < 4.78 is 11.2. The molecule has 0 radical (unpaired) electrons. The molecule has 1 unspecified atom stereocenters. The van der Waals surface area contributed by atoms with E-state index in [0.29, 0.717) is 6.42 Å². The molecule has 3 aromatic carbocycles. The molecule has 5 rings (SSSR count). The molecule has 0 spiro atoms. The van der Waals surface area contributed by atoms with Gasteiger partial charge >= 0.3 is 0 Å². The standard InChI is InChI=1S/C30H33N3O3/c1-35-23-12-13-25(29(18-23)36-2)26(27-20-31-28-11-7-6-10-24(27)28)19-30(34)33-16-14-32(15-17-33)21-22-8-4-3-5-9-22/h3-13,18,20,26,31H,14-17,19,21H2,1-2H3. The molecule has 1 fully saturated rings.